The molecule has 0 aromatic carbocycles. The molecule has 0 saturated carbocycles. The van der Waals surface area contributed by atoms with Crippen molar-refractivity contribution in [1.29, 1.82) is 0 Å². The molecule has 0 aliphatic rings. The van der Waals surface area contributed by atoms with E-state index in [-0.39, 0.29) is 18.1 Å². The third-order valence-corrected chi connectivity index (χ3v) is 2.30. The average Bonchev–Trinajstić information content (AvgIpc) is 2.37. The minimum absolute atomic E-state index is 0.224. The second-order valence-electron chi connectivity index (χ2n) is 3.46. The van der Waals surface area contributed by atoms with Gasteiger partial charge in [-0.2, -0.15) is 9.97 Å². The predicted octanol–water partition coefficient (Wildman–Crippen LogP) is 0.428. The molecule has 0 saturated heterocycles. The molecule has 0 fully saturated rings. The predicted molar refractivity (Wildman–Crippen MR) is 64.3 cm³/mol. The van der Waals surface area contributed by atoms with Crippen LogP contribution in [0, 0.1) is 0 Å². The van der Waals surface area contributed by atoms with Crippen molar-refractivity contribution < 1.29 is 9.47 Å². The van der Waals surface area contributed by atoms with Crippen LogP contribution in [0.4, 0.5) is 5.95 Å². The third-order valence-electron chi connectivity index (χ3n) is 2.30. The molecule has 1 aromatic heterocycles. The van der Waals surface area contributed by atoms with Gasteiger partial charge >= 0.3 is 12.0 Å². The van der Waals surface area contributed by atoms with Crippen LogP contribution in [0.3, 0.4) is 0 Å². The maximum atomic E-state index is 5.53. The first kappa shape index (κ1) is 13.4. The van der Waals surface area contributed by atoms with Gasteiger partial charge in [-0.05, 0) is 19.4 Å². The van der Waals surface area contributed by atoms with Gasteiger partial charge in [0.05, 0.1) is 14.2 Å². The minimum Gasteiger partial charge on any atom is -0.467 e. The summed E-state index contributed by atoms with van der Waals surface area (Å²) >= 11 is 0. The molecule has 0 bridgehead atoms. The number of methoxy groups -OCH3 is 2. The quantitative estimate of drug-likeness (QED) is 0.714. The highest BCUT2D eigenvalue weighted by molar-refractivity contribution is 5.28. The summed E-state index contributed by atoms with van der Waals surface area (Å²) in [6.07, 6.45) is 1.79. The van der Waals surface area contributed by atoms with E-state index in [4.69, 9.17) is 15.2 Å². The van der Waals surface area contributed by atoms with Crippen molar-refractivity contribution in [2.24, 2.45) is 5.73 Å². The van der Waals surface area contributed by atoms with Crippen LogP contribution in [0.25, 0.3) is 0 Å². The molecular weight excluding hydrogens is 222 g/mol. The number of ether oxygens (including phenoxy) is 2. The normalized spacial score (nSPS) is 12.0. The van der Waals surface area contributed by atoms with E-state index in [1.165, 1.54) is 14.2 Å². The maximum absolute atomic E-state index is 5.53. The fourth-order valence-electron chi connectivity index (χ4n) is 1.35. The summed E-state index contributed by atoms with van der Waals surface area (Å²) in [5.41, 5.74) is 5.53. The van der Waals surface area contributed by atoms with Gasteiger partial charge in [-0.1, -0.05) is 6.92 Å². The van der Waals surface area contributed by atoms with Crippen LogP contribution >= 0.6 is 0 Å². The molecule has 0 aliphatic heterocycles. The summed E-state index contributed by atoms with van der Waals surface area (Å²) in [4.78, 5) is 12.1. The van der Waals surface area contributed by atoms with E-state index in [9.17, 15) is 0 Å². The van der Waals surface area contributed by atoms with Gasteiger partial charge in [-0.25, -0.2) is 0 Å². The summed E-state index contributed by atoms with van der Waals surface area (Å²) < 4.78 is 9.93. The average molecular weight is 241 g/mol. The highest BCUT2D eigenvalue weighted by atomic mass is 16.5. The number of nitrogens with zero attached hydrogens (tertiary/aromatic N) is 3. The molecule has 0 amide bonds. The zero-order valence-electron chi connectivity index (χ0n) is 10.4. The molecule has 0 spiro atoms. The second-order valence-corrected chi connectivity index (χ2v) is 3.46. The Morgan fingerprint density at radius 1 is 1.18 bits per heavy atom. The van der Waals surface area contributed by atoms with Crippen LogP contribution < -0.4 is 20.5 Å². The smallest absolute Gasteiger partial charge is 0.324 e. The van der Waals surface area contributed by atoms with E-state index in [1.807, 2.05) is 0 Å². The topological polar surface area (TPSA) is 95.2 Å². The van der Waals surface area contributed by atoms with Crippen LogP contribution in [-0.4, -0.2) is 41.8 Å². The fraction of sp³-hybridized carbons (Fsp3) is 0.700. The lowest BCUT2D eigenvalue weighted by molar-refractivity contribution is 0.340. The molecule has 17 heavy (non-hydrogen) atoms. The van der Waals surface area contributed by atoms with E-state index in [0.29, 0.717) is 12.5 Å². The molecular formula is C10H19N5O2. The van der Waals surface area contributed by atoms with Crippen LogP contribution in [-0.2, 0) is 0 Å². The summed E-state index contributed by atoms with van der Waals surface area (Å²) in [5.74, 6) is 0.439. The van der Waals surface area contributed by atoms with Crippen molar-refractivity contribution in [3.63, 3.8) is 0 Å². The monoisotopic (exact) mass is 241 g/mol. The molecule has 1 heterocycles. The van der Waals surface area contributed by atoms with Crippen LogP contribution in [0.5, 0.6) is 12.0 Å². The number of rotatable bonds is 7. The first-order valence-corrected chi connectivity index (χ1v) is 5.54. The standard InChI is InChI=1S/C10H19N5O2/c1-4-7(5-6-11)12-8-13-9(16-2)15-10(14-8)17-3/h7H,4-6,11H2,1-3H3,(H,12,13,14,15). The summed E-state index contributed by atoms with van der Waals surface area (Å²) in [5, 5.41) is 3.18. The van der Waals surface area contributed by atoms with Crippen molar-refractivity contribution in [2.45, 2.75) is 25.8 Å². The van der Waals surface area contributed by atoms with Gasteiger partial charge in [0, 0.05) is 6.04 Å². The Balaban J connectivity index is 2.81. The highest BCUT2D eigenvalue weighted by Crippen LogP contribution is 2.14. The zero-order valence-corrected chi connectivity index (χ0v) is 10.4. The Morgan fingerprint density at radius 2 is 1.76 bits per heavy atom. The Labute approximate surface area is 101 Å². The van der Waals surface area contributed by atoms with E-state index in [1.54, 1.807) is 0 Å². The lowest BCUT2D eigenvalue weighted by Crippen LogP contribution is -2.23. The van der Waals surface area contributed by atoms with E-state index in [0.717, 1.165) is 12.8 Å². The van der Waals surface area contributed by atoms with Crippen molar-refractivity contribution in [3.05, 3.63) is 0 Å². The summed E-state index contributed by atoms with van der Waals surface area (Å²) in [6.45, 7) is 2.69. The Kier molecular flexibility index (Phi) is 5.41. The van der Waals surface area contributed by atoms with Gasteiger partial charge in [-0.3, -0.25) is 0 Å². The molecule has 1 rings (SSSR count). The van der Waals surface area contributed by atoms with E-state index >= 15 is 0 Å². The van der Waals surface area contributed by atoms with Crippen LogP contribution in [0.1, 0.15) is 19.8 Å². The maximum Gasteiger partial charge on any atom is 0.324 e. The Morgan fingerprint density at radius 3 is 2.18 bits per heavy atom. The lowest BCUT2D eigenvalue weighted by atomic mass is 10.1. The molecule has 1 unspecified atom stereocenters. The van der Waals surface area contributed by atoms with E-state index < -0.39 is 0 Å². The van der Waals surface area contributed by atoms with Gasteiger partial charge in [0.2, 0.25) is 5.95 Å². The second kappa shape index (κ2) is 6.85. The zero-order chi connectivity index (χ0) is 12.7. The van der Waals surface area contributed by atoms with Gasteiger partial charge in [0.15, 0.2) is 0 Å². The number of anilines is 1. The number of nitrogens with two attached hydrogens (primary N) is 1. The van der Waals surface area contributed by atoms with Gasteiger partial charge in [0.25, 0.3) is 0 Å². The van der Waals surface area contributed by atoms with Crippen LogP contribution in [0.2, 0.25) is 0 Å². The Bertz CT molecular complexity index is 325. The number of hydrogen-bond acceptors (Lipinski definition) is 7. The fourth-order valence-corrected chi connectivity index (χ4v) is 1.35. The van der Waals surface area contributed by atoms with Gasteiger partial charge in [-0.15, -0.1) is 4.98 Å². The lowest BCUT2D eigenvalue weighted by Gasteiger charge is -2.16. The van der Waals surface area contributed by atoms with Crippen LogP contribution in [0.15, 0.2) is 0 Å². The highest BCUT2D eigenvalue weighted by Gasteiger charge is 2.11. The molecule has 3 N–H and O–H groups in total. The molecule has 7 heteroatoms. The molecule has 0 radical (unpaired) electrons. The van der Waals surface area contributed by atoms with Gasteiger partial charge < -0.3 is 20.5 Å². The minimum atomic E-state index is 0.224. The molecule has 1 aromatic rings. The number of hydrogen-bond donors (Lipinski definition) is 2. The summed E-state index contributed by atoms with van der Waals surface area (Å²) in [7, 11) is 2.99. The molecule has 96 valence electrons. The van der Waals surface area contributed by atoms with Crippen molar-refractivity contribution in [1.82, 2.24) is 15.0 Å². The first-order valence-electron chi connectivity index (χ1n) is 5.54. The molecule has 1 atom stereocenters. The van der Waals surface area contributed by atoms with E-state index in [2.05, 4.69) is 27.2 Å². The van der Waals surface area contributed by atoms with Crippen molar-refractivity contribution in [2.75, 3.05) is 26.1 Å². The Hall–Kier alpha value is -1.63. The number of nitrogens with one attached hydrogen (secondary N) is 1. The molecule has 0 aliphatic carbocycles. The third kappa shape index (κ3) is 4.03. The van der Waals surface area contributed by atoms with Gasteiger partial charge in [0.1, 0.15) is 0 Å². The molecule has 7 nitrogen and oxygen atoms in total. The van der Waals surface area contributed by atoms with Crippen molar-refractivity contribution in [3.8, 4) is 12.0 Å². The summed E-state index contributed by atoms with van der Waals surface area (Å²) in [6, 6.07) is 0.681. The SMILES string of the molecule is CCC(CCN)Nc1nc(OC)nc(OC)n1. The van der Waals surface area contributed by atoms with Crippen molar-refractivity contribution >= 4 is 5.95 Å². The largest absolute Gasteiger partial charge is 0.467 e. The number of aromatic nitrogens is 3. The first-order chi connectivity index (χ1) is 8.23.